The van der Waals surface area contributed by atoms with Crippen LogP contribution in [0.4, 0.5) is 0 Å². The minimum absolute atomic E-state index is 1.10. The minimum atomic E-state index is -1.20. The predicted octanol–water partition coefficient (Wildman–Crippen LogP) is 4.78. The summed E-state index contributed by atoms with van der Waals surface area (Å²) in [5.74, 6) is 0. The Morgan fingerprint density at radius 1 is 0.929 bits per heavy atom. The van der Waals surface area contributed by atoms with E-state index in [0.29, 0.717) is 0 Å². The van der Waals surface area contributed by atoms with Gasteiger partial charge in [-0.05, 0) is 24.6 Å². The molecule has 0 aromatic rings. The van der Waals surface area contributed by atoms with Gasteiger partial charge in [0, 0.05) is 5.33 Å². The van der Waals surface area contributed by atoms with E-state index in [9.17, 15) is 0 Å². The molecule has 2 heteroatoms. The third-order valence-corrected chi connectivity index (χ3v) is 8.01. The lowest BCUT2D eigenvalue weighted by Gasteiger charge is -2.28. The zero-order valence-corrected chi connectivity index (χ0v) is 11.6. The summed E-state index contributed by atoms with van der Waals surface area (Å²) in [5.41, 5.74) is 0. The van der Waals surface area contributed by atoms with Crippen LogP contribution in [0, 0.1) is 0 Å². The van der Waals surface area contributed by atoms with Crippen molar-refractivity contribution < 1.29 is 0 Å². The number of allylic oxidation sites excluding steroid dienone is 3. The van der Waals surface area contributed by atoms with E-state index in [-0.39, 0.29) is 0 Å². The van der Waals surface area contributed by atoms with Gasteiger partial charge in [-0.3, -0.25) is 0 Å². The number of halogens is 1. The van der Waals surface area contributed by atoms with Crippen LogP contribution in [-0.2, 0) is 0 Å². The van der Waals surface area contributed by atoms with Crippen molar-refractivity contribution in [1.29, 1.82) is 0 Å². The Hall–Kier alpha value is -0.0831. The van der Waals surface area contributed by atoms with Gasteiger partial charge in [-0.15, -0.1) is 19.7 Å². The molecule has 0 spiro atoms. The molecule has 0 aliphatic heterocycles. The Balaban J connectivity index is 4.43. The first-order valence-electron chi connectivity index (χ1n) is 5.13. The number of alkyl halides is 1. The van der Waals surface area contributed by atoms with Crippen LogP contribution in [-0.4, -0.2) is 13.4 Å². The molecule has 0 unspecified atom stereocenters. The molecule has 0 saturated carbocycles. The molecular formula is C12H21BrSi. The lowest BCUT2D eigenvalue weighted by atomic mass is 10.6. The molecule has 0 fully saturated rings. The van der Waals surface area contributed by atoms with Gasteiger partial charge >= 0.3 is 0 Å². The van der Waals surface area contributed by atoms with Gasteiger partial charge in [-0.2, -0.15) is 0 Å². The second-order valence-corrected chi connectivity index (χ2v) is 9.29. The Kier molecular flexibility index (Phi) is 8.19. The molecule has 14 heavy (non-hydrogen) atoms. The second kappa shape index (κ2) is 8.24. The highest BCUT2D eigenvalue weighted by atomic mass is 79.9. The van der Waals surface area contributed by atoms with Crippen molar-refractivity contribution in [2.45, 2.75) is 30.6 Å². The van der Waals surface area contributed by atoms with Crippen molar-refractivity contribution in [3.05, 3.63) is 38.0 Å². The van der Waals surface area contributed by atoms with Crippen LogP contribution in [0.2, 0.25) is 24.2 Å². The standard InChI is InChI=1S/C12H21BrSi/c1-4-9-14(10-5-2,11-6-3)12-7-8-13/h4-6H,1-3,7-12H2. The third kappa shape index (κ3) is 4.96. The summed E-state index contributed by atoms with van der Waals surface area (Å²) in [6.45, 7) is 11.6. The maximum absolute atomic E-state index is 3.87. The molecule has 0 atom stereocenters. The summed E-state index contributed by atoms with van der Waals surface area (Å²) in [6.07, 6.45) is 7.50. The molecule has 0 aromatic carbocycles. The van der Waals surface area contributed by atoms with E-state index in [1.807, 2.05) is 0 Å². The van der Waals surface area contributed by atoms with Crippen LogP contribution >= 0.6 is 15.9 Å². The van der Waals surface area contributed by atoms with Crippen molar-refractivity contribution in [2.75, 3.05) is 5.33 Å². The average molecular weight is 273 g/mol. The van der Waals surface area contributed by atoms with Crippen molar-refractivity contribution in [3.8, 4) is 0 Å². The summed E-state index contributed by atoms with van der Waals surface area (Å²) < 4.78 is 0. The van der Waals surface area contributed by atoms with Crippen LogP contribution in [0.3, 0.4) is 0 Å². The lowest BCUT2D eigenvalue weighted by molar-refractivity contribution is 1.04. The lowest BCUT2D eigenvalue weighted by Crippen LogP contribution is -2.31. The fourth-order valence-corrected chi connectivity index (χ4v) is 6.59. The molecule has 0 nitrogen and oxygen atoms in total. The highest BCUT2D eigenvalue weighted by Gasteiger charge is 2.27. The zero-order valence-electron chi connectivity index (χ0n) is 8.97. The maximum Gasteiger partial charge on any atom is 0.0648 e. The van der Waals surface area contributed by atoms with E-state index in [1.165, 1.54) is 30.6 Å². The molecular weight excluding hydrogens is 252 g/mol. The van der Waals surface area contributed by atoms with Crippen molar-refractivity contribution in [3.63, 3.8) is 0 Å². The number of hydrogen-bond donors (Lipinski definition) is 0. The van der Waals surface area contributed by atoms with Crippen molar-refractivity contribution >= 4 is 24.0 Å². The topological polar surface area (TPSA) is 0 Å². The van der Waals surface area contributed by atoms with Crippen LogP contribution in [0.1, 0.15) is 6.42 Å². The van der Waals surface area contributed by atoms with Crippen LogP contribution in [0.25, 0.3) is 0 Å². The van der Waals surface area contributed by atoms with Crippen LogP contribution < -0.4 is 0 Å². The van der Waals surface area contributed by atoms with E-state index in [0.717, 1.165) is 5.33 Å². The molecule has 0 aliphatic rings. The first-order chi connectivity index (χ1) is 6.74. The molecule has 0 heterocycles. The highest BCUT2D eigenvalue weighted by molar-refractivity contribution is 9.09. The van der Waals surface area contributed by atoms with E-state index in [1.54, 1.807) is 0 Å². The van der Waals surface area contributed by atoms with Gasteiger partial charge < -0.3 is 0 Å². The second-order valence-electron chi connectivity index (χ2n) is 3.77. The van der Waals surface area contributed by atoms with Gasteiger partial charge in [0.1, 0.15) is 0 Å². The smallest absolute Gasteiger partial charge is 0.0648 e. The van der Waals surface area contributed by atoms with Gasteiger partial charge in [-0.1, -0.05) is 40.2 Å². The SMILES string of the molecule is C=CC[Si](CC=C)(CC=C)CCCBr. The van der Waals surface area contributed by atoms with Crippen molar-refractivity contribution in [2.24, 2.45) is 0 Å². The van der Waals surface area contributed by atoms with Gasteiger partial charge in [0.15, 0.2) is 0 Å². The Bertz CT molecular complexity index is 160. The molecule has 0 N–H and O–H groups in total. The Labute approximate surface area is 97.9 Å². The third-order valence-electron chi connectivity index (χ3n) is 2.57. The van der Waals surface area contributed by atoms with E-state index >= 15 is 0 Å². The summed E-state index contributed by atoms with van der Waals surface area (Å²) in [5, 5.41) is 1.10. The fraction of sp³-hybridized carbons (Fsp3) is 0.500. The Morgan fingerprint density at radius 3 is 1.64 bits per heavy atom. The molecule has 0 aromatic heterocycles. The van der Waals surface area contributed by atoms with Gasteiger partial charge in [0.05, 0.1) is 8.07 Å². The average Bonchev–Trinajstić information content (AvgIpc) is 2.16. The minimum Gasteiger partial charge on any atom is -0.103 e. The predicted molar refractivity (Wildman–Crippen MR) is 74.0 cm³/mol. The quantitative estimate of drug-likeness (QED) is 0.322. The van der Waals surface area contributed by atoms with Crippen LogP contribution in [0.15, 0.2) is 38.0 Å². The van der Waals surface area contributed by atoms with Gasteiger partial charge in [0.25, 0.3) is 0 Å². The highest BCUT2D eigenvalue weighted by Crippen LogP contribution is 2.28. The summed E-state index contributed by atoms with van der Waals surface area (Å²) in [6, 6.07) is 4.93. The largest absolute Gasteiger partial charge is 0.103 e. The number of hydrogen-bond acceptors (Lipinski definition) is 0. The normalized spacial score (nSPS) is 10.9. The summed E-state index contributed by atoms with van der Waals surface area (Å²) in [7, 11) is -1.20. The van der Waals surface area contributed by atoms with Crippen molar-refractivity contribution in [1.82, 2.24) is 0 Å². The van der Waals surface area contributed by atoms with E-state index in [4.69, 9.17) is 0 Å². The van der Waals surface area contributed by atoms with E-state index in [2.05, 4.69) is 53.9 Å². The van der Waals surface area contributed by atoms with Crippen LogP contribution in [0.5, 0.6) is 0 Å². The summed E-state index contributed by atoms with van der Waals surface area (Å²) >= 11 is 3.50. The Morgan fingerprint density at radius 2 is 1.36 bits per heavy atom. The van der Waals surface area contributed by atoms with E-state index < -0.39 is 8.07 Å². The molecule has 0 saturated heterocycles. The van der Waals surface area contributed by atoms with Gasteiger partial charge in [-0.25, -0.2) is 0 Å². The molecule has 0 radical (unpaired) electrons. The molecule has 0 amide bonds. The molecule has 80 valence electrons. The monoisotopic (exact) mass is 272 g/mol. The molecule has 0 bridgehead atoms. The number of rotatable bonds is 9. The summed E-state index contributed by atoms with van der Waals surface area (Å²) in [4.78, 5) is 0. The zero-order chi connectivity index (χ0) is 10.9. The van der Waals surface area contributed by atoms with Gasteiger partial charge in [0.2, 0.25) is 0 Å². The first-order valence-corrected chi connectivity index (χ1v) is 9.08. The fourth-order valence-electron chi connectivity index (χ4n) is 1.92. The maximum atomic E-state index is 3.87. The molecule has 0 rings (SSSR count). The first kappa shape index (κ1) is 13.9. The molecule has 0 aliphatic carbocycles.